The molecule has 1 saturated carbocycles. The highest BCUT2D eigenvalue weighted by Gasteiger charge is 2.43. The molecule has 0 bridgehead atoms. The molecular weight excluding hydrogens is 328 g/mol. The standard InChI is InChI=1S/C16H21ClN6O/c1-10(24)20-12-6-5-11(17)9-13(12)23-15(19)21-14(18)22-16(23)7-3-2-4-8-16/h5-6,9H,2-4,7-8H2,1H3,(H,20,24)(H4,18,19,21,22). The molecular formula is C16H21ClN6O. The minimum atomic E-state index is -0.577. The molecule has 1 heterocycles. The van der Waals surface area contributed by atoms with Gasteiger partial charge in [0.25, 0.3) is 0 Å². The lowest BCUT2D eigenvalue weighted by Crippen LogP contribution is -2.58. The van der Waals surface area contributed by atoms with Crippen molar-refractivity contribution in [3.63, 3.8) is 0 Å². The van der Waals surface area contributed by atoms with E-state index in [1.807, 2.05) is 4.90 Å². The molecule has 128 valence electrons. The van der Waals surface area contributed by atoms with E-state index >= 15 is 0 Å². The van der Waals surface area contributed by atoms with Crippen molar-refractivity contribution in [2.75, 3.05) is 10.2 Å². The van der Waals surface area contributed by atoms with E-state index < -0.39 is 5.66 Å². The van der Waals surface area contributed by atoms with Gasteiger partial charge >= 0.3 is 0 Å². The number of hydrogen-bond donors (Lipinski definition) is 3. The summed E-state index contributed by atoms with van der Waals surface area (Å²) in [5.41, 5.74) is 12.8. The van der Waals surface area contributed by atoms with Gasteiger partial charge in [-0.2, -0.15) is 4.99 Å². The number of guanidine groups is 2. The van der Waals surface area contributed by atoms with Gasteiger partial charge in [0.1, 0.15) is 5.66 Å². The molecule has 3 rings (SSSR count). The number of benzene rings is 1. The molecule has 0 radical (unpaired) electrons. The minimum Gasteiger partial charge on any atom is -0.369 e. The molecule has 8 heteroatoms. The lowest BCUT2D eigenvalue weighted by molar-refractivity contribution is -0.114. The zero-order valence-corrected chi connectivity index (χ0v) is 14.3. The van der Waals surface area contributed by atoms with E-state index in [0.29, 0.717) is 16.4 Å². The van der Waals surface area contributed by atoms with Crippen LogP contribution < -0.4 is 21.7 Å². The lowest BCUT2D eigenvalue weighted by Gasteiger charge is -2.46. The second-order valence-corrected chi connectivity index (χ2v) is 6.60. The third kappa shape index (κ3) is 3.03. The van der Waals surface area contributed by atoms with Gasteiger partial charge in [-0.3, -0.25) is 9.69 Å². The summed E-state index contributed by atoms with van der Waals surface area (Å²) in [7, 11) is 0. The van der Waals surface area contributed by atoms with Crippen LogP contribution in [0, 0.1) is 0 Å². The van der Waals surface area contributed by atoms with Crippen molar-refractivity contribution in [2.45, 2.75) is 44.7 Å². The number of hydrogen-bond acceptors (Lipinski definition) is 6. The fourth-order valence-electron chi connectivity index (χ4n) is 3.45. The maximum atomic E-state index is 11.6. The van der Waals surface area contributed by atoms with E-state index in [1.54, 1.807) is 18.2 Å². The molecule has 0 unspecified atom stereocenters. The van der Waals surface area contributed by atoms with Crippen LogP contribution in [0.4, 0.5) is 11.4 Å². The summed E-state index contributed by atoms with van der Waals surface area (Å²) in [6.07, 6.45) is 4.83. The SMILES string of the molecule is CC(=O)Nc1ccc(Cl)cc1N1C(N)=NC(N)=NC12CCCCC2. The predicted octanol–water partition coefficient (Wildman–Crippen LogP) is 2.41. The van der Waals surface area contributed by atoms with Gasteiger partial charge in [0, 0.05) is 11.9 Å². The summed E-state index contributed by atoms with van der Waals surface area (Å²) in [6.45, 7) is 1.46. The minimum absolute atomic E-state index is 0.174. The average Bonchev–Trinajstić information content (AvgIpc) is 2.49. The summed E-state index contributed by atoms with van der Waals surface area (Å²) in [5.74, 6) is 0.277. The predicted molar refractivity (Wildman–Crippen MR) is 97.3 cm³/mol. The molecule has 1 aromatic rings. The van der Waals surface area contributed by atoms with Gasteiger partial charge in [0.15, 0.2) is 0 Å². The Morgan fingerprint density at radius 1 is 1.29 bits per heavy atom. The number of nitrogens with one attached hydrogen (secondary N) is 1. The fraction of sp³-hybridized carbons (Fsp3) is 0.438. The number of nitrogens with two attached hydrogens (primary N) is 2. The maximum absolute atomic E-state index is 11.6. The number of rotatable bonds is 2. The summed E-state index contributed by atoms with van der Waals surface area (Å²) in [6, 6.07) is 5.24. The van der Waals surface area contributed by atoms with Crippen molar-refractivity contribution < 1.29 is 4.79 Å². The van der Waals surface area contributed by atoms with Crippen LogP contribution >= 0.6 is 11.6 Å². The lowest BCUT2D eigenvalue weighted by atomic mass is 9.87. The quantitative estimate of drug-likeness (QED) is 0.762. The first-order valence-electron chi connectivity index (χ1n) is 7.98. The first-order valence-corrected chi connectivity index (χ1v) is 8.36. The van der Waals surface area contributed by atoms with Crippen molar-refractivity contribution in [3.05, 3.63) is 23.2 Å². The highest BCUT2D eigenvalue weighted by atomic mass is 35.5. The maximum Gasteiger partial charge on any atom is 0.221 e. The third-order valence-electron chi connectivity index (χ3n) is 4.36. The molecule has 1 fully saturated rings. The largest absolute Gasteiger partial charge is 0.369 e. The van der Waals surface area contributed by atoms with Crippen molar-refractivity contribution in [1.29, 1.82) is 0 Å². The van der Waals surface area contributed by atoms with Crippen LogP contribution in [0.3, 0.4) is 0 Å². The van der Waals surface area contributed by atoms with Crippen molar-refractivity contribution in [1.82, 2.24) is 0 Å². The fourth-order valence-corrected chi connectivity index (χ4v) is 3.62. The third-order valence-corrected chi connectivity index (χ3v) is 4.60. The van der Waals surface area contributed by atoms with E-state index in [2.05, 4.69) is 15.3 Å². The summed E-state index contributed by atoms with van der Waals surface area (Å²) in [4.78, 5) is 22.2. The normalized spacial score (nSPS) is 19.7. The van der Waals surface area contributed by atoms with E-state index in [0.717, 1.165) is 32.1 Å². The van der Waals surface area contributed by atoms with E-state index in [4.69, 9.17) is 23.1 Å². The summed E-state index contributed by atoms with van der Waals surface area (Å²) in [5, 5.41) is 3.36. The van der Waals surface area contributed by atoms with Crippen molar-refractivity contribution >= 4 is 40.8 Å². The molecule has 2 aliphatic rings. The van der Waals surface area contributed by atoms with Crippen LogP contribution in [0.5, 0.6) is 0 Å². The van der Waals surface area contributed by atoms with Gasteiger partial charge in [-0.15, -0.1) is 0 Å². The molecule has 0 atom stereocenters. The Balaban J connectivity index is 2.13. The Morgan fingerprint density at radius 2 is 2.00 bits per heavy atom. The Morgan fingerprint density at radius 3 is 2.67 bits per heavy atom. The van der Waals surface area contributed by atoms with Gasteiger partial charge in [-0.1, -0.05) is 18.0 Å². The van der Waals surface area contributed by atoms with E-state index in [-0.39, 0.29) is 17.8 Å². The van der Waals surface area contributed by atoms with E-state index in [9.17, 15) is 4.79 Å². The molecule has 1 aliphatic carbocycles. The van der Waals surface area contributed by atoms with Crippen LogP contribution in [0.25, 0.3) is 0 Å². The van der Waals surface area contributed by atoms with Crippen LogP contribution in [0.1, 0.15) is 39.0 Å². The van der Waals surface area contributed by atoms with Crippen molar-refractivity contribution in [2.24, 2.45) is 21.5 Å². The number of aliphatic imine (C=N–C) groups is 2. The van der Waals surface area contributed by atoms with Gasteiger partial charge < -0.3 is 16.8 Å². The van der Waals surface area contributed by atoms with Crippen LogP contribution in [-0.2, 0) is 4.79 Å². The molecule has 1 aliphatic heterocycles. The molecule has 1 aromatic carbocycles. The second kappa shape index (κ2) is 6.32. The second-order valence-electron chi connectivity index (χ2n) is 6.16. The first kappa shape index (κ1) is 16.6. The Kier molecular flexibility index (Phi) is 4.36. The Labute approximate surface area is 145 Å². The number of carbonyl (C=O) groups excluding carboxylic acids is 1. The van der Waals surface area contributed by atoms with Gasteiger partial charge in [0.2, 0.25) is 17.8 Å². The zero-order valence-electron chi connectivity index (χ0n) is 13.6. The Hall–Kier alpha value is -2.28. The number of nitrogens with zero attached hydrogens (tertiary/aromatic N) is 3. The van der Waals surface area contributed by atoms with Gasteiger partial charge in [-0.25, -0.2) is 4.99 Å². The van der Waals surface area contributed by atoms with Crippen LogP contribution in [0.15, 0.2) is 28.2 Å². The molecule has 24 heavy (non-hydrogen) atoms. The summed E-state index contributed by atoms with van der Waals surface area (Å²) >= 11 is 6.20. The molecule has 7 nitrogen and oxygen atoms in total. The molecule has 1 amide bonds. The smallest absolute Gasteiger partial charge is 0.221 e. The first-order chi connectivity index (χ1) is 11.4. The molecule has 0 saturated heterocycles. The van der Waals surface area contributed by atoms with Crippen LogP contribution in [-0.4, -0.2) is 23.5 Å². The number of halogens is 1. The topological polar surface area (TPSA) is 109 Å². The van der Waals surface area contributed by atoms with Crippen LogP contribution in [0.2, 0.25) is 5.02 Å². The number of carbonyl (C=O) groups is 1. The number of anilines is 2. The van der Waals surface area contributed by atoms with Crippen molar-refractivity contribution in [3.8, 4) is 0 Å². The molecule has 1 spiro atoms. The zero-order chi connectivity index (χ0) is 17.3. The van der Waals surface area contributed by atoms with E-state index in [1.165, 1.54) is 6.92 Å². The Bertz CT molecular complexity index is 723. The van der Waals surface area contributed by atoms with Gasteiger partial charge in [0.05, 0.1) is 11.4 Å². The molecule has 0 aromatic heterocycles. The number of amides is 1. The average molecular weight is 349 g/mol. The highest BCUT2D eigenvalue weighted by Crippen LogP contribution is 2.42. The highest BCUT2D eigenvalue weighted by molar-refractivity contribution is 6.31. The van der Waals surface area contributed by atoms with Gasteiger partial charge in [-0.05, 0) is 43.9 Å². The summed E-state index contributed by atoms with van der Waals surface area (Å²) < 4.78 is 0. The molecule has 5 N–H and O–H groups in total. The monoisotopic (exact) mass is 348 g/mol.